The molecule has 0 aliphatic carbocycles. The molecule has 0 bridgehead atoms. The maximum absolute atomic E-state index is 12.1. The number of carbonyl (C=O) groups is 1. The predicted octanol–water partition coefficient (Wildman–Crippen LogP) is 7.82. The smallest absolute Gasteiger partial charge is 0.270 e. The molecule has 0 saturated carbocycles. The number of rotatable bonds is 17. The molecule has 0 saturated heterocycles. The van der Waals surface area contributed by atoms with Gasteiger partial charge < -0.3 is 0 Å². The number of non-ortho nitro benzene ring substituents is 1. The molecule has 0 aromatic heterocycles. The highest BCUT2D eigenvalue weighted by molar-refractivity contribution is 5.96. The van der Waals surface area contributed by atoms with Gasteiger partial charge in [-0.3, -0.25) is 14.9 Å². The fourth-order valence-electron chi connectivity index (χ4n) is 3.29. The van der Waals surface area contributed by atoms with Crippen molar-refractivity contribution in [3.05, 3.63) is 52.1 Å². The van der Waals surface area contributed by atoms with Crippen LogP contribution in [0.3, 0.4) is 0 Å². The van der Waals surface area contributed by atoms with Gasteiger partial charge >= 0.3 is 0 Å². The van der Waals surface area contributed by atoms with E-state index in [1.807, 2.05) is 0 Å². The number of unbranched alkanes of at least 4 members (excludes halogenated alkanes) is 11. The van der Waals surface area contributed by atoms with E-state index in [1.165, 1.54) is 69.9 Å². The zero-order chi connectivity index (χ0) is 20.5. The van der Waals surface area contributed by atoms with Crippen LogP contribution in [-0.4, -0.2) is 10.7 Å². The highest BCUT2D eigenvalue weighted by Crippen LogP contribution is 2.16. The Labute approximate surface area is 170 Å². The van der Waals surface area contributed by atoms with Crippen molar-refractivity contribution in [2.45, 2.75) is 96.8 Å². The second-order valence-electron chi connectivity index (χ2n) is 7.56. The first-order chi connectivity index (χ1) is 13.6. The Morgan fingerprint density at radius 2 is 1.46 bits per heavy atom. The molecule has 0 amide bonds. The Hall–Kier alpha value is -1.97. The van der Waals surface area contributed by atoms with Crippen molar-refractivity contribution in [2.75, 3.05) is 0 Å². The number of nitrogens with zero attached hydrogens (tertiary/aromatic N) is 1. The molecule has 0 atom stereocenters. The molecule has 1 aromatic carbocycles. The summed E-state index contributed by atoms with van der Waals surface area (Å²) in [6, 6.07) is 6.02. The van der Waals surface area contributed by atoms with Crippen LogP contribution in [0.25, 0.3) is 0 Å². The molecule has 4 heteroatoms. The SMILES string of the molecule is CCCCCCCCC=CCCCCCCCC(=O)c1cccc([N+](=O)[O-])c1. The molecular weight excluding hydrogens is 350 g/mol. The third-order valence-corrected chi connectivity index (χ3v) is 5.04. The molecule has 0 N–H and O–H groups in total. The van der Waals surface area contributed by atoms with Gasteiger partial charge in [0, 0.05) is 24.1 Å². The van der Waals surface area contributed by atoms with Gasteiger partial charge in [-0.2, -0.15) is 0 Å². The fraction of sp³-hybridized carbons (Fsp3) is 0.625. The average Bonchev–Trinajstić information content (AvgIpc) is 2.70. The fourth-order valence-corrected chi connectivity index (χ4v) is 3.29. The average molecular weight is 388 g/mol. The maximum Gasteiger partial charge on any atom is 0.270 e. The minimum Gasteiger partial charge on any atom is -0.294 e. The molecule has 0 aliphatic rings. The highest BCUT2D eigenvalue weighted by Gasteiger charge is 2.10. The Balaban J connectivity index is 1.97. The highest BCUT2D eigenvalue weighted by atomic mass is 16.6. The number of carbonyl (C=O) groups excluding carboxylic acids is 1. The van der Waals surface area contributed by atoms with Crippen LogP contribution in [0, 0.1) is 10.1 Å². The molecule has 156 valence electrons. The summed E-state index contributed by atoms with van der Waals surface area (Å²) in [5, 5.41) is 10.8. The molecule has 1 rings (SSSR count). The molecule has 0 heterocycles. The number of benzene rings is 1. The molecular formula is C24H37NO3. The lowest BCUT2D eigenvalue weighted by Gasteiger charge is -2.02. The van der Waals surface area contributed by atoms with E-state index in [2.05, 4.69) is 19.1 Å². The first kappa shape index (κ1) is 24.1. The van der Waals surface area contributed by atoms with Crippen molar-refractivity contribution < 1.29 is 9.72 Å². The van der Waals surface area contributed by atoms with Crippen LogP contribution < -0.4 is 0 Å². The third kappa shape index (κ3) is 11.7. The van der Waals surface area contributed by atoms with Gasteiger partial charge in [0.2, 0.25) is 0 Å². The summed E-state index contributed by atoms with van der Waals surface area (Å²) in [7, 11) is 0. The van der Waals surface area contributed by atoms with Crippen LogP contribution in [-0.2, 0) is 0 Å². The lowest BCUT2D eigenvalue weighted by atomic mass is 10.0. The molecule has 0 aliphatic heterocycles. The van der Waals surface area contributed by atoms with Crippen molar-refractivity contribution in [2.24, 2.45) is 0 Å². The maximum atomic E-state index is 12.1. The quantitative estimate of drug-likeness (QED) is 0.0900. The van der Waals surface area contributed by atoms with Gasteiger partial charge in [0.25, 0.3) is 5.69 Å². The number of Topliss-reactive ketones (excluding diaryl/α,β-unsaturated/α-hetero) is 1. The van der Waals surface area contributed by atoms with E-state index in [0.29, 0.717) is 12.0 Å². The summed E-state index contributed by atoms with van der Waals surface area (Å²) in [4.78, 5) is 22.4. The Morgan fingerprint density at radius 1 is 0.893 bits per heavy atom. The molecule has 0 spiro atoms. The Bertz CT molecular complexity index is 595. The topological polar surface area (TPSA) is 60.2 Å². The third-order valence-electron chi connectivity index (χ3n) is 5.04. The van der Waals surface area contributed by atoms with Gasteiger partial charge in [-0.05, 0) is 32.1 Å². The zero-order valence-electron chi connectivity index (χ0n) is 17.5. The molecule has 1 aromatic rings. The van der Waals surface area contributed by atoms with E-state index in [-0.39, 0.29) is 11.5 Å². The van der Waals surface area contributed by atoms with Gasteiger partial charge in [-0.1, -0.05) is 82.6 Å². The number of nitro groups is 1. The lowest BCUT2D eigenvalue weighted by molar-refractivity contribution is -0.384. The van der Waals surface area contributed by atoms with Crippen molar-refractivity contribution in [1.29, 1.82) is 0 Å². The van der Waals surface area contributed by atoms with Crippen LogP contribution in [0.15, 0.2) is 36.4 Å². The van der Waals surface area contributed by atoms with Crippen LogP contribution in [0.5, 0.6) is 0 Å². The summed E-state index contributed by atoms with van der Waals surface area (Å²) >= 11 is 0. The summed E-state index contributed by atoms with van der Waals surface area (Å²) in [6.07, 6.45) is 21.1. The van der Waals surface area contributed by atoms with E-state index in [1.54, 1.807) is 12.1 Å². The van der Waals surface area contributed by atoms with Crippen LogP contribution in [0.4, 0.5) is 5.69 Å². The second-order valence-corrected chi connectivity index (χ2v) is 7.56. The van der Waals surface area contributed by atoms with E-state index in [9.17, 15) is 14.9 Å². The van der Waals surface area contributed by atoms with E-state index < -0.39 is 4.92 Å². The second kappa shape index (κ2) is 16.0. The zero-order valence-corrected chi connectivity index (χ0v) is 17.5. The largest absolute Gasteiger partial charge is 0.294 e. The van der Waals surface area contributed by atoms with Crippen molar-refractivity contribution in [3.8, 4) is 0 Å². The van der Waals surface area contributed by atoms with Gasteiger partial charge in [0.1, 0.15) is 0 Å². The molecule has 28 heavy (non-hydrogen) atoms. The number of ketones is 1. The standard InChI is InChI=1S/C24H37NO3/c1-2-3-4-5-6-7-8-9-10-11-12-13-14-15-16-20-24(26)22-18-17-19-23(21-22)25(27)28/h9-10,17-19,21H,2-8,11-16,20H2,1H3. The lowest BCUT2D eigenvalue weighted by Crippen LogP contribution is -2.00. The van der Waals surface area contributed by atoms with Gasteiger partial charge in [-0.15, -0.1) is 0 Å². The minimum absolute atomic E-state index is 0.00123. The summed E-state index contributed by atoms with van der Waals surface area (Å²) in [5.41, 5.74) is 0.431. The number of allylic oxidation sites excluding steroid dienone is 2. The Morgan fingerprint density at radius 3 is 2.07 bits per heavy atom. The van der Waals surface area contributed by atoms with Gasteiger partial charge in [0.05, 0.1) is 4.92 Å². The molecule has 0 unspecified atom stereocenters. The van der Waals surface area contributed by atoms with Crippen molar-refractivity contribution in [3.63, 3.8) is 0 Å². The number of hydrogen-bond acceptors (Lipinski definition) is 3. The van der Waals surface area contributed by atoms with Crippen LogP contribution in [0.1, 0.15) is 107 Å². The number of nitro benzene ring substituents is 1. The minimum atomic E-state index is -0.459. The first-order valence-corrected chi connectivity index (χ1v) is 11.1. The van der Waals surface area contributed by atoms with E-state index in [0.717, 1.165) is 25.7 Å². The summed E-state index contributed by atoms with van der Waals surface area (Å²) in [6.45, 7) is 2.25. The molecule has 4 nitrogen and oxygen atoms in total. The normalized spacial score (nSPS) is 11.2. The van der Waals surface area contributed by atoms with E-state index >= 15 is 0 Å². The predicted molar refractivity (Wildman–Crippen MR) is 117 cm³/mol. The van der Waals surface area contributed by atoms with Crippen molar-refractivity contribution in [1.82, 2.24) is 0 Å². The first-order valence-electron chi connectivity index (χ1n) is 11.1. The molecule has 0 fully saturated rings. The van der Waals surface area contributed by atoms with Crippen LogP contribution >= 0.6 is 0 Å². The molecule has 0 radical (unpaired) electrons. The summed E-state index contributed by atoms with van der Waals surface area (Å²) < 4.78 is 0. The Kier molecular flexibility index (Phi) is 13.8. The van der Waals surface area contributed by atoms with Crippen molar-refractivity contribution >= 4 is 11.5 Å². The van der Waals surface area contributed by atoms with Gasteiger partial charge in [0.15, 0.2) is 5.78 Å². The van der Waals surface area contributed by atoms with Gasteiger partial charge in [-0.25, -0.2) is 0 Å². The number of hydrogen-bond donors (Lipinski definition) is 0. The summed E-state index contributed by atoms with van der Waals surface area (Å²) in [5.74, 6) is 0.00123. The van der Waals surface area contributed by atoms with E-state index in [4.69, 9.17) is 0 Å². The van der Waals surface area contributed by atoms with Crippen LogP contribution in [0.2, 0.25) is 0 Å². The monoisotopic (exact) mass is 387 g/mol.